The summed E-state index contributed by atoms with van der Waals surface area (Å²) in [7, 11) is -3.74. The fourth-order valence-electron chi connectivity index (χ4n) is 3.28. The van der Waals surface area contributed by atoms with Gasteiger partial charge in [-0.25, -0.2) is 8.42 Å². The van der Waals surface area contributed by atoms with Gasteiger partial charge in [-0.15, -0.1) is 0 Å². The zero-order valence-corrected chi connectivity index (χ0v) is 18.3. The van der Waals surface area contributed by atoms with Crippen LogP contribution in [-0.2, 0) is 14.8 Å². The molecule has 166 valence electrons. The normalized spacial score (nSPS) is 16.2. The number of amides is 1. The van der Waals surface area contributed by atoms with E-state index < -0.39 is 15.9 Å². The highest BCUT2D eigenvalue weighted by Gasteiger charge is 2.28. The first-order valence-corrected chi connectivity index (χ1v) is 11.5. The Morgan fingerprint density at radius 2 is 1.97 bits per heavy atom. The fourth-order valence-corrected chi connectivity index (χ4v) is 4.98. The van der Waals surface area contributed by atoms with Crippen LogP contribution in [-0.4, -0.2) is 58.3 Å². The van der Waals surface area contributed by atoms with Crippen molar-refractivity contribution >= 4 is 33.2 Å². The molecular formula is C20H21ClN2O7S. The Morgan fingerprint density at radius 1 is 1.19 bits per heavy atom. The highest BCUT2D eigenvalue weighted by Crippen LogP contribution is 2.40. The van der Waals surface area contributed by atoms with Crippen molar-refractivity contribution in [2.24, 2.45) is 0 Å². The molecule has 31 heavy (non-hydrogen) atoms. The van der Waals surface area contributed by atoms with Crippen LogP contribution in [0.2, 0.25) is 5.02 Å². The summed E-state index contributed by atoms with van der Waals surface area (Å²) < 4.78 is 48.7. The molecule has 0 spiro atoms. The molecule has 4 rings (SSSR count). The standard InChI is InChI=1S/C20H21ClN2O7S/c1-2-28-17-4-3-14(31(25,26)23-5-7-27-8-6-23)11-16(17)22-20(24)13-9-15(21)19-18(10-13)29-12-30-19/h3-4,9-11H,2,5-8,12H2,1H3,(H,22,24). The monoisotopic (exact) mass is 468 g/mol. The molecule has 2 aromatic carbocycles. The summed E-state index contributed by atoms with van der Waals surface area (Å²) in [6.07, 6.45) is 0. The second kappa shape index (κ2) is 8.91. The van der Waals surface area contributed by atoms with Gasteiger partial charge in [-0.1, -0.05) is 11.6 Å². The van der Waals surface area contributed by atoms with Gasteiger partial charge in [0.05, 0.1) is 35.4 Å². The van der Waals surface area contributed by atoms with Crippen molar-refractivity contribution in [2.75, 3.05) is 45.0 Å². The van der Waals surface area contributed by atoms with E-state index in [1.165, 1.54) is 34.6 Å². The molecule has 0 atom stereocenters. The summed E-state index contributed by atoms with van der Waals surface area (Å²) in [4.78, 5) is 12.9. The number of nitrogens with one attached hydrogen (secondary N) is 1. The third-order valence-corrected chi connectivity index (χ3v) is 6.97. The van der Waals surface area contributed by atoms with Gasteiger partial charge in [0.1, 0.15) is 5.75 Å². The van der Waals surface area contributed by atoms with Crippen LogP contribution in [0.3, 0.4) is 0 Å². The number of hydrogen-bond donors (Lipinski definition) is 1. The summed E-state index contributed by atoms with van der Waals surface area (Å²) in [6.45, 7) is 3.38. The van der Waals surface area contributed by atoms with Crippen molar-refractivity contribution in [3.8, 4) is 17.2 Å². The SMILES string of the molecule is CCOc1ccc(S(=O)(=O)N2CCOCC2)cc1NC(=O)c1cc(Cl)c2c(c1)OCO2. The predicted molar refractivity (Wildman–Crippen MR) is 113 cm³/mol. The minimum Gasteiger partial charge on any atom is -0.492 e. The van der Waals surface area contributed by atoms with Crippen LogP contribution in [0.25, 0.3) is 0 Å². The summed E-state index contributed by atoms with van der Waals surface area (Å²) >= 11 is 6.17. The second-order valence-corrected chi connectivity index (χ2v) is 9.10. The Kier molecular flexibility index (Phi) is 6.24. The number of anilines is 1. The Morgan fingerprint density at radius 3 is 2.71 bits per heavy atom. The Balaban J connectivity index is 1.64. The van der Waals surface area contributed by atoms with Gasteiger partial charge in [0.15, 0.2) is 11.5 Å². The maximum absolute atomic E-state index is 13.0. The number of hydrogen-bond acceptors (Lipinski definition) is 7. The van der Waals surface area contributed by atoms with Crippen LogP contribution >= 0.6 is 11.6 Å². The van der Waals surface area contributed by atoms with Crippen molar-refractivity contribution in [1.29, 1.82) is 0 Å². The molecule has 1 fully saturated rings. The topological polar surface area (TPSA) is 103 Å². The molecule has 2 heterocycles. The number of sulfonamides is 1. The van der Waals surface area contributed by atoms with Crippen molar-refractivity contribution in [3.63, 3.8) is 0 Å². The molecule has 0 radical (unpaired) electrons. The van der Waals surface area contributed by atoms with E-state index in [0.29, 0.717) is 37.1 Å². The van der Waals surface area contributed by atoms with Crippen LogP contribution in [0.4, 0.5) is 5.69 Å². The van der Waals surface area contributed by atoms with Gasteiger partial charge >= 0.3 is 0 Å². The van der Waals surface area contributed by atoms with Gasteiger partial charge in [0, 0.05) is 18.7 Å². The largest absolute Gasteiger partial charge is 0.492 e. The van der Waals surface area contributed by atoms with E-state index in [1.54, 1.807) is 6.92 Å². The molecule has 11 heteroatoms. The summed E-state index contributed by atoms with van der Waals surface area (Å²) in [5.74, 6) is 0.601. The van der Waals surface area contributed by atoms with Gasteiger partial charge in [0.2, 0.25) is 16.8 Å². The highest BCUT2D eigenvalue weighted by atomic mass is 35.5. The van der Waals surface area contributed by atoms with E-state index in [-0.39, 0.29) is 41.1 Å². The van der Waals surface area contributed by atoms with E-state index >= 15 is 0 Å². The number of rotatable bonds is 6. The number of morpholine rings is 1. The van der Waals surface area contributed by atoms with E-state index in [1.807, 2.05) is 0 Å². The molecule has 0 unspecified atom stereocenters. The number of carbonyl (C=O) groups excluding carboxylic acids is 1. The van der Waals surface area contributed by atoms with Crippen molar-refractivity contribution in [3.05, 3.63) is 40.9 Å². The molecule has 0 aromatic heterocycles. The molecule has 2 aromatic rings. The van der Waals surface area contributed by atoms with Crippen molar-refractivity contribution in [1.82, 2.24) is 4.31 Å². The first-order chi connectivity index (χ1) is 14.9. The quantitative estimate of drug-likeness (QED) is 0.695. The Bertz CT molecular complexity index is 1100. The number of nitrogens with zero attached hydrogens (tertiary/aromatic N) is 1. The first-order valence-electron chi connectivity index (χ1n) is 9.65. The molecule has 0 bridgehead atoms. The number of benzene rings is 2. The van der Waals surface area contributed by atoms with Crippen LogP contribution < -0.4 is 19.5 Å². The zero-order chi connectivity index (χ0) is 22.0. The number of carbonyl (C=O) groups is 1. The Hall–Kier alpha value is -2.53. The van der Waals surface area contributed by atoms with Crippen molar-refractivity contribution in [2.45, 2.75) is 11.8 Å². The Labute approximate surface area is 184 Å². The van der Waals surface area contributed by atoms with Gasteiger partial charge in [-0.05, 0) is 37.3 Å². The minimum absolute atomic E-state index is 0.0239. The molecule has 1 saturated heterocycles. The molecule has 2 aliphatic heterocycles. The van der Waals surface area contributed by atoms with E-state index in [9.17, 15) is 13.2 Å². The van der Waals surface area contributed by atoms with Gasteiger partial charge < -0.3 is 24.3 Å². The van der Waals surface area contributed by atoms with E-state index in [0.717, 1.165) is 0 Å². The van der Waals surface area contributed by atoms with E-state index in [4.69, 9.17) is 30.5 Å². The van der Waals surface area contributed by atoms with Gasteiger partial charge in [-0.2, -0.15) is 4.31 Å². The van der Waals surface area contributed by atoms with E-state index in [2.05, 4.69) is 5.32 Å². The molecule has 1 N–H and O–H groups in total. The summed E-state index contributed by atoms with van der Waals surface area (Å²) in [5.41, 5.74) is 0.466. The average Bonchev–Trinajstić information content (AvgIpc) is 3.25. The highest BCUT2D eigenvalue weighted by molar-refractivity contribution is 7.89. The van der Waals surface area contributed by atoms with Crippen LogP contribution in [0.1, 0.15) is 17.3 Å². The van der Waals surface area contributed by atoms with Crippen LogP contribution in [0.5, 0.6) is 17.2 Å². The fraction of sp³-hybridized carbons (Fsp3) is 0.350. The number of halogens is 1. The maximum Gasteiger partial charge on any atom is 0.255 e. The van der Waals surface area contributed by atoms with Crippen LogP contribution in [0, 0.1) is 0 Å². The lowest BCUT2D eigenvalue weighted by Gasteiger charge is -2.26. The molecule has 2 aliphatic rings. The van der Waals surface area contributed by atoms with Crippen molar-refractivity contribution < 1.29 is 32.2 Å². The number of fused-ring (bicyclic) bond motifs is 1. The second-order valence-electron chi connectivity index (χ2n) is 6.75. The van der Waals surface area contributed by atoms with Gasteiger partial charge in [-0.3, -0.25) is 4.79 Å². The smallest absolute Gasteiger partial charge is 0.255 e. The lowest BCUT2D eigenvalue weighted by molar-refractivity contribution is 0.0730. The third-order valence-electron chi connectivity index (χ3n) is 4.80. The summed E-state index contributed by atoms with van der Waals surface area (Å²) in [5, 5.41) is 2.96. The molecular weight excluding hydrogens is 448 g/mol. The molecule has 1 amide bonds. The van der Waals surface area contributed by atoms with Crippen LogP contribution in [0.15, 0.2) is 35.2 Å². The molecule has 0 saturated carbocycles. The minimum atomic E-state index is -3.74. The average molecular weight is 469 g/mol. The lowest BCUT2D eigenvalue weighted by Crippen LogP contribution is -2.40. The lowest BCUT2D eigenvalue weighted by atomic mass is 10.1. The first kappa shape index (κ1) is 21.7. The van der Waals surface area contributed by atoms with Gasteiger partial charge in [0.25, 0.3) is 5.91 Å². The maximum atomic E-state index is 13.0. The summed E-state index contributed by atoms with van der Waals surface area (Å²) in [6, 6.07) is 7.35. The molecule has 9 nitrogen and oxygen atoms in total. The number of ether oxygens (including phenoxy) is 4. The predicted octanol–water partition coefficient (Wildman–Crippen LogP) is 2.74. The molecule has 0 aliphatic carbocycles. The third kappa shape index (κ3) is 4.42. The zero-order valence-electron chi connectivity index (χ0n) is 16.7.